The van der Waals surface area contributed by atoms with E-state index >= 15 is 0 Å². The minimum Gasteiger partial charge on any atom is -0.398 e. The Labute approximate surface area is 129 Å². The molecular formula is C13H17ClN4O2S. The maximum Gasteiger partial charge on any atom is 0.240 e. The van der Waals surface area contributed by atoms with Crippen molar-refractivity contribution in [2.24, 2.45) is 0 Å². The number of nitrogens with one attached hydrogen (secondary N) is 1. The Bertz CT molecular complexity index is 691. The van der Waals surface area contributed by atoms with Crippen LogP contribution in [0, 0.1) is 6.92 Å². The molecule has 0 atom stereocenters. The third-order valence-electron chi connectivity index (χ3n) is 3.08. The Hall–Kier alpha value is -1.57. The average Bonchev–Trinajstić information content (AvgIpc) is 2.93. The van der Waals surface area contributed by atoms with Crippen LogP contribution in [-0.4, -0.2) is 24.7 Å². The Morgan fingerprint density at radius 1 is 1.43 bits per heavy atom. The summed E-state index contributed by atoms with van der Waals surface area (Å²) >= 11 is 5.97. The molecule has 1 aromatic heterocycles. The van der Waals surface area contributed by atoms with Crippen molar-refractivity contribution in [1.82, 2.24) is 14.5 Å². The van der Waals surface area contributed by atoms with Crippen LogP contribution >= 0.6 is 11.6 Å². The number of hydrogen-bond acceptors (Lipinski definition) is 4. The lowest BCUT2D eigenvalue weighted by Gasteiger charge is -2.10. The molecule has 21 heavy (non-hydrogen) atoms. The molecule has 2 rings (SSSR count). The van der Waals surface area contributed by atoms with Gasteiger partial charge in [0.25, 0.3) is 0 Å². The molecule has 2 aromatic rings. The van der Waals surface area contributed by atoms with E-state index in [1.54, 1.807) is 17.8 Å². The first-order chi connectivity index (χ1) is 9.90. The van der Waals surface area contributed by atoms with Crippen molar-refractivity contribution in [3.63, 3.8) is 0 Å². The average molecular weight is 329 g/mol. The second kappa shape index (κ2) is 6.46. The van der Waals surface area contributed by atoms with Crippen LogP contribution in [0.15, 0.2) is 35.5 Å². The lowest BCUT2D eigenvalue weighted by atomic mass is 10.2. The fourth-order valence-electron chi connectivity index (χ4n) is 1.79. The number of aromatic nitrogens is 2. The standard InChI is InChI=1S/C13H17ClN4O2S/c1-10-12(14)8-11(9-13(10)15)21(19,20)17-5-3-7-18-6-2-4-16-18/h2,4,6,8-9,17H,3,5,7,15H2,1H3. The minimum absolute atomic E-state index is 0.0784. The molecule has 1 heterocycles. The number of benzene rings is 1. The fourth-order valence-corrected chi connectivity index (χ4v) is 3.22. The molecule has 0 unspecified atom stereocenters. The zero-order valence-electron chi connectivity index (χ0n) is 11.6. The van der Waals surface area contributed by atoms with Crippen LogP contribution in [0.3, 0.4) is 0 Å². The van der Waals surface area contributed by atoms with Crippen molar-refractivity contribution in [2.45, 2.75) is 24.8 Å². The summed E-state index contributed by atoms with van der Waals surface area (Å²) in [5, 5.41) is 4.39. The van der Waals surface area contributed by atoms with Crippen LogP contribution in [0.1, 0.15) is 12.0 Å². The van der Waals surface area contributed by atoms with E-state index in [0.717, 1.165) is 0 Å². The topological polar surface area (TPSA) is 90.0 Å². The van der Waals surface area contributed by atoms with Gasteiger partial charge in [-0.1, -0.05) is 11.6 Å². The number of nitrogen functional groups attached to an aromatic ring is 1. The maximum atomic E-state index is 12.2. The Morgan fingerprint density at radius 2 is 2.19 bits per heavy atom. The lowest BCUT2D eigenvalue weighted by Crippen LogP contribution is -2.25. The van der Waals surface area contributed by atoms with Crippen LogP contribution in [0.5, 0.6) is 0 Å². The molecule has 0 radical (unpaired) electrons. The number of halogens is 1. The van der Waals surface area contributed by atoms with E-state index in [-0.39, 0.29) is 4.90 Å². The van der Waals surface area contributed by atoms with Gasteiger partial charge in [-0.3, -0.25) is 4.68 Å². The Balaban J connectivity index is 1.98. The fraction of sp³-hybridized carbons (Fsp3) is 0.308. The van der Waals surface area contributed by atoms with E-state index in [1.807, 2.05) is 12.3 Å². The van der Waals surface area contributed by atoms with Gasteiger partial charge in [0, 0.05) is 36.2 Å². The smallest absolute Gasteiger partial charge is 0.240 e. The largest absolute Gasteiger partial charge is 0.398 e. The van der Waals surface area contributed by atoms with E-state index in [4.69, 9.17) is 17.3 Å². The molecule has 0 aliphatic rings. The second-order valence-electron chi connectivity index (χ2n) is 4.64. The quantitative estimate of drug-likeness (QED) is 0.625. The zero-order chi connectivity index (χ0) is 15.5. The summed E-state index contributed by atoms with van der Waals surface area (Å²) in [6.07, 6.45) is 4.15. The molecule has 3 N–H and O–H groups in total. The number of nitrogens with two attached hydrogens (primary N) is 1. The van der Waals surface area contributed by atoms with Gasteiger partial charge in [-0.2, -0.15) is 5.10 Å². The van der Waals surface area contributed by atoms with E-state index in [2.05, 4.69) is 9.82 Å². The van der Waals surface area contributed by atoms with Gasteiger partial charge in [-0.15, -0.1) is 0 Å². The second-order valence-corrected chi connectivity index (χ2v) is 6.81. The van der Waals surface area contributed by atoms with Gasteiger partial charge < -0.3 is 5.73 Å². The highest BCUT2D eigenvalue weighted by Crippen LogP contribution is 2.25. The maximum absolute atomic E-state index is 12.2. The van der Waals surface area contributed by atoms with E-state index < -0.39 is 10.0 Å². The van der Waals surface area contributed by atoms with Crippen LogP contribution in [0.2, 0.25) is 5.02 Å². The minimum atomic E-state index is -3.61. The van der Waals surface area contributed by atoms with Gasteiger partial charge in [0.1, 0.15) is 0 Å². The van der Waals surface area contributed by atoms with Gasteiger partial charge in [0.15, 0.2) is 0 Å². The summed E-state index contributed by atoms with van der Waals surface area (Å²) in [6, 6.07) is 4.64. The normalized spacial score (nSPS) is 11.7. The molecule has 0 spiro atoms. The molecule has 1 aromatic carbocycles. The Morgan fingerprint density at radius 3 is 2.81 bits per heavy atom. The van der Waals surface area contributed by atoms with Crippen molar-refractivity contribution >= 4 is 27.3 Å². The molecule has 0 aliphatic heterocycles. The molecule has 0 amide bonds. The molecule has 0 saturated heterocycles. The number of hydrogen-bond donors (Lipinski definition) is 2. The van der Waals surface area contributed by atoms with Gasteiger partial charge in [-0.25, -0.2) is 13.1 Å². The van der Waals surface area contributed by atoms with Crippen molar-refractivity contribution < 1.29 is 8.42 Å². The Kier molecular flexibility index (Phi) is 4.87. The van der Waals surface area contributed by atoms with E-state index in [0.29, 0.717) is 35.8 Å². The highest BCUT2D eigenvalue weighted by atomic mass is 35.5. The van der Waals surface area contributed by atoms with Crippen molar-refractivity contribution in [1.29, 1.82) is 0 Å². The van der Waals surface area contributed by atoms with Gasteiger partial charge in [-0.05, 0) is 37.1 Å². The summed E-state index contributed by atoms with van der Waals surface area (Å²) in [5.74, 6) is 0. The molecule has 0 aliphatic carbocycles. The third kappa shape index (κ3) is 3.96. The summed E-state index contributed by atoms with van der Waals surface area (Å²) in [5.41, 5.74) is 6.78. The monoisotopic (exact) mass is 328 g/mol. The van der Waals surface area contributed by atoms with Crippen molar-refractivity contribution in [2.75, 3.05) is 12.3 Å². The molecule has 0 bridgehead atoms. The highest BCUT2D eigenvalue weighted by Gasteiger charge is 2.16. The van der Waals surface area contributed by atoms with Crippen molar-refractivity contribution in [3.8, 4) is 0 Å². The molecule has 0 saturated carbocycles. The molecular weight excluding hydrogens is 312 g/mol. The predicted octanol–water partition coefficient (Wildman–Crippen LogP) is 1.80. The summed E-state index contributed by atoms with van der Waals surface area (Å²) in [6.45, 7) is 2.70. The SMILES string of the molecule is Cc1c(N)cc(S(=O)(=O)NCCCn2cccn2)cc1Cl. The van der Waals surface area contributed by atoms with Crippen LogP contribution in [0.4, 0.5) is 5.69 Å². The number of anilines is 1. The number of rotatable bonds is 6. The van der Waals surface area contributed by atoms with Crippen molar-refractivity contribution in [3.05, 3.63) is 41.2 Å². The van der Waals surface area contributed by atoms with Crippen LogP contribution in [-0.2, 0) is 16.6 Å². The molecule has 114 valence electrons. The first-order valence-corrected chi connectivity index (χ1v) is 8.29. The van der Waals surface area contributed by atoms with Gasteiger partial charge in [0.2, 0.25) is 10.0 Å². The first-order valence-electron chi connectivity index (χ1n) is 6.43. The summed E-state index contributed by atoms with van der Waals surface area (Å²) in [7, 11) is -3.61. The van der Waals surface area contributed by atoms with Crippen LogP contribution < -0.4 is 10.5 Å². The molecule has 0 fully saturated rings. The van der Waals surface area contributed by atoms with E-state index in [1.165, 1.54) is 12.1 Å². The number of aryl methyl sites for hydroxylation is 1. The highest BCUT2D eigenvalue weighted by molar-refractivity contribution is 7.89. The van der Waals surface area contributed by atoms with Gasteiger partial charge >= 0.3 is 0 Å². The number of nitrogens with zero attached hydrogens (tertiary/aromatic N) is 2. The van der Waals surface area contributed by atoms with E-state index in [9.17, 15) is 8.42 Å². The molecule has 6 nitrogen and oxygen atoms in total. The lowest BCUT2D eigenvalue weighted by molar-refractivity contribution is 0.553. The van der Waals surface area contributed by atoms with Crippen LogP contribution in [0.25, 0.3) is 0 Å². The predicted molar refractivity (Wildman–Crippen MR) is 82.6 cm³/mol. The summed E-state index contributed by atoms with van der Waals surface area (Å²) in [4.78, 5) is 0.0784. The van der Waals surface area contributed by atoms with Gasteiger partial charge in [0.05, 0.1) is 4.90 Å². The zero-order valence-corrected chi connectivity index (χ0v) is 13.2. The first kappa shape index (κ1) is 15.8. The third-order valence-corrected chi connectivity index (χ3v) is 4.92. The summed E-state index contributed by atoms with van der Waals surface area (Å²) < 4.78 is 28.6. The number of sulfonamides is 1. The molecule has 8 heteroatoms.